The van der Waals surface area contributed by atoms with Gasteiger partial charge in [0.1, 0.15) is 0 Å². The van der Waals surface area contributed by atoms with Crippen LogP contribution in [0.3, 0.4) is 0 Å². The summed E-state index contributed by atoms with van der Waals surface area (Å²) in [4.78, 5) is 33.1. The molecule has 1 aliphatic rings. The number of nitrogens with one attached hydrogen (secondary N) is 3. The molecule has 2 heterocycles. The fourth-order valence-corrected chi connectivity index (χ4v) is 3.54. The Bertz CT molecular complexity index is 855. The number of hydrogen-bond donors (Lipinski definition) is 3. The number of aliphatic imine (C=N–C) groups is 1. The van der Waals surface area contributed by atoms with Gasteiger partial charge in [0.15, 0.2) is 5.96 Å². The van der Waals surface area contributed by atoms with Crippen LogP contribution >= 0.6 is 0 Å². The van der Waals surface area contributed by atoms with E-state index in [9.17, 15) is 9.59 Å². The second-order valence-electron chi connectivity index (χ2n) is 7.04. The number of piperidine rings is 1. The smallest absolute Gasteiger partial charge is 0.229 e. The van der Waals surface area contributed by atoms with E-state index >= 15 is 0 Å². The Labute approximate surface area is 165 Å². The number of fused-ring (bicyclic) bond motifs is 1. The van der Waals surface area contributed by atoms with Gasteiger partial charge in [0.25, 0.3) is 0 Å². The number of carbonyl (C=O) groups excluding carboxylic acids is 2. The Morgan fingerprint density at radius 1 is 1.21 bits per heavy atom. The normalized spacial score (nSPS) is 15.4. The van der Waals surface area contributed by atoms with Crippen molar-refractivity contribution in [2.24, 2.45) is 4.99 Å². The summed E-state index contributed by atoms with van der Waals surface area (Å²) >= 11 is 0. The number of imide groups is 1. The molecule has 0 spiro atoms. The van der Waals surface area contributed by atoms with Crippen molar-refractivity contribution in [3.8, 4) is 0 Å². The Balaban J connectivity index is 1.54. The van der Waals surface area contributed by atoms with Crippen molar-refractivity contribution in [1.29, 1.82) is 0 Å². The molecule has 28 heavy (non-hydrogen) atoms. The summed E-state index contributed by atoms with van der Waals surface area (Å²) in [5.74, 6) is 0.555. The molecule has 150 valence electrons. The number of guanidine groups is 1. The van der Waals surface area contributed by atoms with Gasteiger partial charge in [-0.25, -0.2) is 0 Å². The van der Waals surface area contributed by atoms with Gasteiger partial charge in [0.2, 0.25) is 11.8 Å². The van der Waals surface area contributed by atoms with Crippen molar-refractivity contribution in [3.05, 3.63) is 35.5 Å². The maximum Gasteiger partial charge on any atom is 0.229 e. The molecule has 1 fully saturated rings. The first-order valence-electron chi connectivity index (χ1n) is 10.0. The highest BCUT2D eigenvalue weighted by Gasteiger charge is 2.25. The molecule has 7 heteroatoms. The highest BCUT2D eigenvalue weighted by Crippen LogP contribution is 2.21. The second-order valence-corrected chi connectivity index (χ2v) is 7.04. The highest BCUT2D eigenvalue weighted by atomic mass is 16.2. The Morgan fingerprint density at radius 2 is 2.00 bits per heavy atom. The van der Waals surface area contributed by atoms with Gasteiger partial charge in [-0.3, -0.25) is 19.5 Å². The molecular formula is C21H29N5O2. The molecule has 1 saturated heterocycles. The highest BCUT2D eigenvalue weighted by molar-refractivity contribution is 5.97. The lowest BCUT2D eigenvalue weighted by Crippen LogP contribution is -2.46. The van der Waals surface area contributed by atoms with Crippen LogP contribution in [-0.2, 0) is 16.0 Å². The molecular weight excluding hydrogens is 354 g/mol. The van der Waals surface area contributed by atoms with Gasteiger partial charge in [0, 0.05) is 56.1 Å². The number of aromatic nitrogens is 1. The molecule has 0 bridgehead atoms. The van der Waals surface area contributed by atoms with E-state index < -0.39 is 0 Å². The van der Waals surface area contributed by atoms with Gasteiger partial charge in [-0.15, -0.1) is 0 Å². The molecule has 7 nitrogen and oxygen atoms in total. The largest absolute Gasteiger partial charge is 0.361 e. The summed E-state index contributed by atoms with van der Waals surface area (Å²) in [5, 5.41) is 7.68. The molecule has 3 rings (SSSR count). The minimum Gasteiger partial charge on any atom is -0.361 e. The molecule has 1 aliphatic heterocycles. The Hall–Kier alpha value is -2.83. The number of aromatic amines is 1. The lowest BCUT2D eigenvalue weighted by molar-refractivity contribution is -0.147. The summed E-state index contributed by atoms with van der Waals surface area (Å²) in [6.07, 6.45) is 4.48. The topological polar surface area (TPSA) is 89.6 Å². The molecule has 2 amide bonds. The molecule has 1 aromatic carbocycles. The third kappa shape index (κ3) is 4.71. The number of amides is 2. The first kappa shape index (κ1) is 19.9. The number of aryl methyl sites for hydroxylation is 1. The Morgan fingerprint density at radius 3 is 2.75 bits per heavy atom. The van der Waals surface area contributed by atoms with Crippen LogP contribution in [0.1, 0.15) is 37.3 Å². The SMILES string of the molecule is CCNC(=NCCc1c[nH]c2c(C)cccc12)NCCN1C(=O)CCCC1=O. The first-order valence-corrected chi connectivity index (χ1v) is 10.0. The van der Waals surface area contributed by atoms with Gasteiger partial charge in [0.05, 0.1) is 0 Å². The summed E-state index contributed by atoms with van der Waals surface area (Å²) in [7, 11) is 0. The van der Waals surface area contributed by atoms with Crippen molar-refractivity contribution in [3.63, 3.8) is 0 Å². The van der Waals surface area contributed by atoms with Gasteiger partial charge in [-0.1, -0.05) is 18.2 Å². The summed E-state index contributed by atoms with van der Waals surface area (Å²) in [6.45, 7) is 6.39. The summed E-state index contributed by atoms with van der Waals surface area (Å²) < 4.78 is 0. The van der Waals surface area contributed by atoms with Crippen LogP contribution in [-0.4, -0.2) is 53.8 Å². The van der Waals surface area contributed by atoms with E-state index in [1.807, 2.05) is 6.92 Å². The van der Waals surface area contributed by atoms with E-state index in [1.165, 1.54) is 26.9 Å². The molecule has 2 aromatic rings. The monoisotopic (exact) mass is 383 g/mol. The van der Waals surface area contributed by atoms with Crippen molar-refractivity contribution in [1.82, 2.24) is 20.5 Å². The maximum atomic E-state index is 11.9. The van der Waals surface area contributed by atoms with E-state index in [-0.39, 0.29) is 11.8 Å². The molecule has 0 radical (unpaired) electrons. The predicted molar refractivity (Wildman–Crippen MR) is 111 cm³/mol. The molecule has 0 saturated carbocycles. The fraction of sp³-hybridized carbons (Fsp3) is 0.476. The van der Waals surface area contributed by atoms with Crippen LogP contribution in [0.25, 0.3) is 10.9 Å². The van der Waals surface area contributed by atoms with Crippen LogP contribution in [0.15, 0.2) is 29.4 Å². The number of rotatable bonds is 7. The van der Waals surface area contributed by atoms with Crippen LogP contribution < -0.4 is 10.6 Å². The van der Waals surface area contributed by atoms with E-state index in [0.717, 1.165) is 13.0 Å². The zero-order valence-electron chi connectivity index (χ0n) is 16.7. The van der Waals surface area contributed by atoms with Gasteiger partial charge >= 0.3 is 0 Å². The number of likely N-dealkylation sites (tertiary alicyclic amines) is 1. The molecule has 0 atom stereocenters. The van der Waals surface area contributed by atoms with Crippen LogP contribution in [0, 0.1) is 6.92 Å². The third-order valence-electron chi connectivity index (χ3n) is 5.02. The summed E-state index contributed by atoms with van der Waals surface area (Å²) in [6, 6.07) is 6.31. The molecule has 0 aliphatic carbocycles. The minimum absolute atomic E-state index is 0.0744. The Kier molecular flexibility index (Phi) is 6.68. The van der Waals surface area contributed by atoms with Crippen LogP contribution in [0.5, 0.6) is 0 Å². The van der Waals surface area contributed by atoms with Crippen LogP contribution in [0.4, 0.5) is 0 Å². The van der Waals surface area contributed by atoms with Crippen molar-refractivity contribution < 1.29 is 9.59 Å². The lowest BCUT2D eigenvalue weighted by Gasteiger charge is -2.25. The number of hydrogen-bond acceptors (Lipinski definition) is 3. The molecule has 1 aromatic heterocycles. The summed E-state index contributed by atoms with van der Waals surface area (Å²) in [5.41, 5.74) is 3.68. The first-order chi connectivity index (χ1) is 13.6. The predicted octanol–water partition coefficient (Wildman–Crippen LogP) is 2.11. The number of benzene rings is 1. The van der Waals surface area contributed by atoms with Crippen molar-refractivity contribution >= 4 is 28.7 Å². The van der Waals surface area contributed by atoms with Crippen LogP contribution in [0.2, 0.25) is 0 Å². The van der Waals surface area contributed by atoms with E-state index in [1.54, 1.807) is 0 Å². The maximum absolute atomic E-state index is 11.9. The number of carbonyl (C=O) groups is 2. The second kappa shape index (κ2) is 9.39. The minimum atomic E-state index is -0.0744. The zero-order valence-corrected chi connectivity index (χ0v) is 16.7. The van der Waals surface area contributed by atoms with E-state index in [0.29, 0.717) is 44.9 Å². The zero-order chi connectivity index (χ0) is 19.9. The van der Waals surface area contributed by atoms with Gasteiger partial charge < -0.3 is 15.6 Å². The number of para-hydroxylation sites is 1. The number of H-pyrrole nitrogens is 1. The van der Waals surface area contributed by atoms with E-state index in [2.05, 4.69) is 51.9 Å². The standard InChI is InChI=1S/C21H29N5O2/c1-3-22-21(24-12-13-26-18(27)8-5-9-19(26)28)23-11-10-16-14-25-20-15(2)6-4-7-17(16)20/h4,6-7,14,25H,3,5,8-13H2,1-2H3,(H2,22,23,24). The quantitative estimate of drug-likeness (QED) is 0.388. The average molecular weight is 383 g/mol. The van der Waals surface area contributed by atoms with Gasteiger partial charge in [-0.2, -0.15) is 0 Å². The van der Waals surface area contributed by atoms with E-state index in [4.69, 9.17) is 0 Å². The molecule has 3 N–H and O–H groups in total. The van der Waals surface area contributed by atoms with Gasteiger partial charge in [-0.05, 0) is 37.8 Å². The van der Waals surface area contributed by atoms with Crippen molar-refractivity contribution in [2.45, 2.75) is 39.5 Å². The third-order valence-corrected chi connectivity index (χ3v) is 5.02. The lowest BCUT2D eigenvalue weighted by atomic mass is 10.1. The fourth-order valence-electron chi connectivity index (χ4n) is 3.54. The molecule has 0 unspecified atom stereocenters. The number of nitrogens with zero attached hydrogens (tertiary/aromatic N) is 2. The van der Waals surface area contributed by atoms with Crippen molar-refractivity contribution in [2.75, 3.05) is 26.2 Å². The average Bonchev–Trinajstić information content (AvgIpc) is 3.09.